The van der Waals surface area contributed by atoms with Crippen LogP contribution in [0, 0.1) is 17.5 Å². The highest BCUT2D eigenvalue weighted by atomic mass is 19.2. The molecule has 7 heteroatoms. The minimum Gasteiger partial charge on any atom is -0.320 e. The van der Waals surface area contributed by atoms with Gasteiger partial charge in [-0.25, -0.2) is 17.9 Å². The van der Waals surface area contributed by atoms with Gasteiger partial charge in [-0.3, -0.25) is 0 Å². The molecular formula is C14H9F3N4. The average Bonchev–Trinajstić information content (AvgIpc) is 2.94. The fraction of sp³-hybridized carbons (Fsp3) is 0. The minimum atomic E-state index is -1.25. The molecule has 106 valence electrons. The number of nitrogens with one attached hydrogen (secondary N) is 1. The van der Waals surface area contributed by atoms with Crippen molar-refractivity contribution in [2.45, 2.75) is 0 Å². The van der Waals surface area contributed by atoms with Crippen LogP contribution < -0.4 is 5.32 Å². The van der Waals surface area contributed by atoms with Crippen molar-refractivity contribution >= 4 is 11.6 Å². The first-order valence-corrected chi connectivity index (χ1v) is 6.02. The molecule has 1 N–H and O–H groups in total. The number of benzene rings is 2. The number of rotatable bonds is 3. The summed E-state index contributed by atoms with van der Waals surface area (Å²) in [7, 11) is 0. The van der Waals surface area contributed by atoms with Crippen LogP contribution in [0.1, 0.15) is 0 Å². The van der Waals surface area contributed by atoms with Gasteiger partial charge in [0, 0.05) is 12.1 Å². The van der Waals surface area contributed by atoms with Crippen LogP contribution in [-0.2, 0) is 0 Å². The summed E-state index contributed by atoms with van der Waals surface area (Å²) in [6, 6.07) is 10.3. The molecule has 0 saturated carbocycles. The molecule has 3 aromatic rings. The zero-order chi connectivity index (χ0) is 14.8. The van der Waals surface area contributed by atoms with Gasteiger partial charge in [0.15, 0.2) is 11.6 Å². The van der Waals surface area contributed by atoms with E-state index in [4.69, 9.17) is 0 Å². The van der Waals surface area contributed by atoms with Crippen LogP contribution in [0.5, 0.6) is 0 Å². The van der Waals surface area contributed by atoms with Crippen LogP contribution in [0.15, 0.2) is 48.8 Å². The molecular weight excluding hydrogens is 281 g/mol. The molecule has 0 fully saturated rings. The second-order valence-corrected chi connectivity index (χ2v) is 4.22. The molecule has 0 unspecified atom stereocenters. The fourth-order valence-electron chi connectivity index (χ4n) is 1.76. The molecule has 4 nitrogen and oxygen atoms in total. The summed E-state index contributed by atoms with van der Waals surface area (Å²) in [5.74, 6) is -3.25. The lowest BCUT2D eigenvalue weighted by Crippen LogP contribution is -2.00. The van der Waals surface area contributed by atoms with E-state index in [0.29, 0.717) is 12.1 Å². The zero-order valence-corrected chi connectivity index (χ0v) is 10.6. The highest BCUT2D eigenvalue weighted by Gasteiger charge is 2.11. The van der Waals surface area contributed by atoms with Crippen molar-refractivity contribution in [3.63, 3.8) is 0 Å². The van der Waals surface area contributed by atoms with Crippen molar-refractivity contribution in [1.82, 2.24) is 14.8 Å². The molecule has 0 aliphatic carbocycles. The molecule has 1 aromatic heterocycles. The van der Waals surface area contributed by atoms with Crippen LogP contribution >= 0.6 is 0 Å². The third-order valence-electron chi connectivity index (χ3n) is 2.77. The van der Waals surface area contributed by atoms with E-state index in [2.05, 4.69) is 15.4 Å². The Hall–Kier alpha value is -2.83. The topological polar surface area (TPSA) is 42.7 Å². The van der Waals surface area contributed by atoms with Crippen molar-refractivity contribution in [3.8, 4) is 5.69 Å². The Morgan fingerprint density at radius 3 is 2.38 bits per heavy atom. The second-order valence-electron chi connectivity index (χ2n) is 4.22. The summed E-state index contributed by atoms with van der Waals surface area (Å²) in [6.07, 6.45) is 1.43. The van der Waals surface area contributed by atoms with E-state index in [1.54, 1.807) is 0 Å². The lowest BCUT2D eigenvalue weighted by molar-refractivity contribution is 0.496. The van der Waals surface area contributed by atoms with Crippen molar-refractivity contribution in [1.29, 1.82) is 0 Å². The number of nitrogens with zero attached hydrogens (tertiary/aromatic N) is 3. The standard InChI is InChI=1S/C14H9F3N4/c15-10-6-12(17)13(7-11(10)16)19-14-18-8-21(20-14)9-4-2-1-3-5-9/h1-8H,(H,19,20). The number of hydrogen-bond donors (Lipinski definition) is 1. The van der Waals surface area contributed by atoms with Crippen molar-refractivity contribution in [2.75, 3.05) is 5.32 Å². The molecule has 0 bridgehead atoms. The Labute approximate surface area is 117 Å². The molecule has 21 heavy (non-hydrogen) atoms. The molecule has 0 aliphatic rings. The normalized spacial score (nSPS) is 10.6. The van der Waals surface area contributed by atoms with Crippen LogP contribution in [0.4, 0.5) is 24.8 Å². The second kappa shape index (κ2) is 5.28. The Morgan fingerprint density at radius 1 is 0.905 bits per heavy atom. The predicted molar refractivity (Wildman–Crippen MR) is 71.0 cm³/mol. The first kappa shape index (κ1) is 13.2. The van der Waals surface area contributed by atoms with E-state index < -0.39 is 17.5 Å². The van der Waals surface area contributed by atoms with Gasteiger partial charge in [0.1, 0.15) is 12.1 Å². The lowest BCUT2D eigenvalue weighted by Gasteiger charge is -2.04. The highest BCUT2D eigenvalue weighted by molar-refractivity contribution is 5.54. The molecule has 0 amide bonds. The lowest BCUT2D eigenvalue weighted by atomic mass is 10.3. The van der Waals surface area contributed by atoms with E-state index >= 15 is 0 Å². The SMILES string of the molecule is Fc1cc(F)c(Nc2ncn(-c3ccccc3)n2)cc1F. The average molecular weight is 290 g/mol. The Morgan fingerprint density at radius 2 is 1.62 bits per heavy atom. The molecule has 0 aliphatic heterocycles. The van der Waals surface area contributed by atoms with Crippen LogP contribution in [-0.4, -0.2) is 14.8 Å². The molecule has 0 atom stereocenters. The summed E-state index contributed by atoms with van der Waals surface area (Å²) >= 11 is 0. The largest absolute Gasteiger partial charge is 0.320 e. The van der Waals surface area contributed by atoms with Gasteiger partial charge in [-0.2, -0.15) is 4.98 Å². The highest BCUT2D eigenvalue weighted by Crippen LogP contribution is 2.21. The number of aromatic nitrogens is 3. The maximum absolute atomic E-state index is 13.5. The maximum atomic E-state index is 13.5. The first-order valence-electron chi connectivity index (χ1n) is 6.02. The van der Waals surface area contributed by atoms with Crippen molar-refractivity contribution in [2.24, 2.45) is 0 Å². The fourth-order valence-corrected chi connectivity index (χ4v) is 1.76. The first-order chi connectivity index (χ1) is 10.1. The van der Waals surface area contributed by atoms with Crippen LogP contribution in [0.25, 0.3) is 5.69 Å². The molecule has 0 saturated heterocycles. The van der Waals surface area contributed by atoms with E-state index in [1.165, 1.54) is 11.0 Å². The third-order valence-corrected chi connectivity index (χ3v) is 2.77. The number of anilines is 2. The molecule has 0 radical (unpaired) electrons. The Balaban J connectivity index is 1.87. The minimum absolute atomic E-state index is 0.0729. The number of hydrogen-bond acceptors (Lipinski definition) is 3. The van der Waals surface area contributed by atoms with Gasteiger partial charge >= 0.3 is 0 Å². The van der Waals surface area contributed by atoms with Gasteiger partial charge in [-0.15, -0.1) is 5.10 Å². The summed E-state index contributed by atoms with van der Waals surface area (Å²) in [5.41, 5.74) is 0.531. The van der Waals surface area contributed by atoms with Gasteiger partial charge in [0.25, 0.3) is 0 Å². The number of halogens is 3. The molecule has 1 heterocycles. The van der Waals surface area contributed by atoms with Gasteiger partial charge in [-0.1, -0.05) is 18.2 Å². The quantitative estimate of drug-likeness (QED) is 0.751. The predicted octanol–water partition coefficient (Wildman–Crippen LogP) is 3.43. The molecule has 0 spiro atoms. The maximum Gasteiger partial charge on any atom is 0.247 e. The van der Waals surface area contributed by atoms with Gasteiger partial charge in [-0.05, 0) is 12.1 Å². The Kier molecular flexibility index (Phi) is 3.31. The summed E-state index contributed by atoms with van der Waals surface area (Å²) in [5, 5.41) is 6.59. The molecule has 2 aromatic carbocycles. The van der Waals surface area contributed by atoms with E-state index in [1.807, 2.05) is 30.3 Å². The smallest absolute Gasteiger partial charge is 0.247 e. The van der Waals surface area contributed by atoms with Gasteiger partial charge in [0.05, 0.1) is 11.4 Å². The van der Waals surface area contributed by atoms with Crippen molar-refractivity contribution in [3.05, 3.63) is 66.2 Å². The van der Waals surface area contributed by atoms with Crippen LogP contribution in [0.2, 0.25) is 0 Å². The summed E-state index contributed by atoms with van der Waals surface area (Å²) < 4.78 is 40.9. The van der Waals surface area contributed by atoms with Gasteiger partial charge in [0.2, 0.25) is 5.95 Å². The van der Waals surface area contributed by atoms with E-state index in [-0.39, 0.29) is 11.6 Å². The summed E-state index contributed by atoms with van der Waals surface area (Å²) in [6.45, 7) is 0. The Bertz CT molecular complexity index is 771. The van der Waals surface area contributed by atoms with Crippen molar-refractivity contribution < 1.29 is 13.2 Å². The molecule has 3 rings (SSSR count). The number of para-hydroxylation sites is 1. The van der Waals surface area contributed by atoms with Crippen LogP contribution in [0.3, 0.4) is 0 Å². The van der Waals surface area contributed by atoms with Gasteiger partial charge < -0.3 is 5.32 Å². The van der Waals surface area contributed by atoms with E-state index in [0.717, 1.165) is 5.69 Å². The van der Waals surface area contributed by atoms with E-state index in [9.17, 15) is 13.2 Å². The summed E-state index contributed by atoms with van der Waals surface area (Å²) in [4.78, 5) is 3.94. The third kappa shape index (κ3) is 2.71. The zero-order valence-electron chi connectivity index (χ0n) is 10.6. The monoisotopic (exact) mass is 290 g/mol.